The summed E-state index contributed by atoms with van der Waals surface area (Å²) in [4.78, 5) is 56.8. The molecule has 2 aromatic heterocycles. The first-order valence-corrected chi connectivity index (χ1v) is 11.7. The van der Waals surface area contributed by atoms with E-state index in [9.17, 15) is 32.4 Å². The Morgan fingerprint density at radius 3 is 1.47 bits per heavy atom. The molecule has 0 amide bonds. The number of ether oxygens (including phenoxy) is 1. The molecule has 0 saturated carbocycles. The summed E-state index contributed by atoms with van der Waals surface area (Å²) < 4.78 is 34.7. The lowest BCUT2D eigenvalue weighted by atomic mass is 10.2. The van der Waals surface area contributed by atoms with Crippen LogP contribution in [0.5, 0.6) is 0 Å². The zero-order chi connectivity index (χ0) is 25.5. The zero-order valence-electron chi connectivity index (χ0n) is 18.9. The average molecular weight is 490 g/mol. The normalized spacial score (nSPS) is 11.4. The minimum Gasteiger partial charge on any atom is -0.459 e. The average Bonchev–Trinajstić information content (AvgIpc) is 3.34. The molecule has 0 aliphatic heterocycles. The van der Waals surface area contributed by atoms with E-state index in [-0.39, 0.29) is 47.6 Å². The van der Waals surface area contributed by atoms with Crippen LogP contribution in [0, 0.1) is 0 Å². The first-order chi connectivity index (χ1) is 16.0. The van der Waals surface area contributed by atoms with Crippen molar-refractivity contribution in [3.05, 3.63) is 45.7 Å². The van der Waals surface area contributed by atoms with E-state index in [0.717, 1.165) is 4.31 Å². The van der Waals surface area contributed by atoms with E-state index in [1.807, 2.05) is 0 Å². The molecule has 0 saturated heterocycles. The van der Waals surface area contributed by atoms with Crippen molar-refractivity contribution in [1.29, 1.82) is 0 Å². The maximum absolute atomic E-state index is 13.1. The summed E-state index contributed by atoms with van der Waals surface area (Å²) >= 11 is 0. The molecule has 0 aromatic carbocycles. The Hall–Kier alpha value is -3.74. The lowest BCUT2D eigenvalue weighted by Crippen LogP contribution is -2.44. The van der Waals surface area contributed by atoms with Gasteiger partial charge >= 0.3 is 5.97 Å². The van der Waals surface area contributed by atoms with Crippen LogP contribution in [0.3, 0.4) is 0 Å². The minimum atomic E-state index is -4.24. The van der Waals surface area contributed by atoms with Crippen LogP contribution < -0.4 is 21.4 Å². The van der Waals surface area contributed by atoms with Crippen molar-refractivity contribution in [2.45, 2.75) is 39.5 Å². The number of nitrogens with zero attached hydrogens (tertiary/aromatic N) is 3. The summed E-state index contributed by atoms with van der Waals surface area (Å²) in [6.07, 6.45) is 0. The van der Waals surface area contributed by atoms with Gasteiger partial charge < -0.3 is 13.9 Å². The second-order valence-corrected chi connectivity index (χ2v) is 10.1. The molecule has 0 atom stereocenters. The van der Waals surface area contributed by atoms with Crippen LogP contribution in [0.4, 0.5) is 0 Å². The molecule has 2 aromatic rings. The fourth-order valence-electron chi connectivity index (χ4n) is 3.20. The maximum Gasteiger partial charge on any atom is 0.323 e. The number of hydrogen-bond donors (Lipinski definition) is 0. The van der Waals surface area contributed by atoms with E-state index in [4.69, 9.17) is 4.74 Å². The highest BCUT2D eigenvalue weighted by molar-refractivity contribution is 7.89. The first-order valence-electron chi connectivity index (χ1n) is 10.1. The molecule has 34 heavy (non-hydrogen) atoms. The van der Waals surface area contributed by atoms with Crippen LogP contribution in [0.1, 0.15) is 20.8 Å². The van der Waals surface area contributed by atoms with Crippen LogP contribution in [0.25, 0.3) is 0 Å². The van der Waals surface area contributed by atoms with Gasteiger partial charge in [0.2, 0.25) is 10.0 Å². The molecule has 2 rings (SSSR count). The lowest BCUT2D eigenvalue weighted by Gasteiger charge is -2.24. The van der Waals surface area contributed by atoms with Crippen LogP contribution in [-0.2, 0) is 51.8 Å². The topological polar surface area (TPSA) is 142 Å². The van der Waals surface area contributed by atoms with Crippen LogP contribution >= 0.6 is 0 Å². The second kappa shape index (κ2) is 10.9. The molecule has 0 radical (unpaired) electrons. The first kappa shape index (κ1) is 26.5. The molecule has 12 heteroatoms. The number of carbonyl (C=O) groups excluding carboxylic acids is 5. The van der Waals surface area contributed by atoms with E-state index in [1.165, 1.54) is 33.4 Å². The number of sulfonamides is 1. The summed E-state index contributed by atoms with van der Waals surface area (Å²) in [5.41, 5.74) is -0.902. The van der Waals surface area contributed by atoms with Gasteiger partial charge in [-0.3, -0.25) is 4.79 Å². The molecular weight excluding hydrogens is 466 g/mol. The van der Waals surface area contributed by atoms with Crippen LogP contribution in [-0.4, -0.2) is 76.0 Å². The Bertz CT molecular complexity index is 1350. The molecule has 0 spiro atoms. The molecule has 0 aliphatic carbocycles. The standard InChI is InChI=1S/C22H23N3O8S/c1-22(2,3)33-21(30)16-34(31,32)23(8-10-24-17(12-26)4-5-18(24)13-27)9-11-25-19(14-28)6-7-20(25)15-29/h4-7H,8-11,16H2,1-3H3. The van der Waals surface area contributed by atoms with Gasteiger partial charge in [0.15, 0.2) is 29.5 Å². The summed E-state index contributed by atoms with van der Waals surface area (Å²) in [5.74, 6) is 4.70. The van der Waals surface area contributed by atoms with Gasteiger partial charge in [-0.1, -0.05) is 0 Å². The second-order valence-electron chi connectivity index (χ2n) is 8.16. The summed E-state index contributed by atoms with van der Waals surface area (Å²) in [7, 11) is -4.24. The van der Waals surface area contributed by atoms with Gasteiger partial charge in [0.25, 0.3) is 0 Å². The monoisotopic (exact) mass is 489 g/mol. The number of carbonyl (C=O) groups is 1. The molecule has 0 N–H and O–H groups in total. The predicted molar refractivity (Wildman–Crippen MR) is 118 cm³/mol. The predicted octanol–water partition coefficient (Wildman–Crippen LogP) is -4.02. The molecule has 0 aliphatic rings. The summed E-state index contributed by atoms with van der Waals surface area (Å²) in [6, 6.07) is 5.35. The van der Waals surface area contributed by atoms with E-state index in [1.54, 1.807) is 44.5 Å². The summed E-state index contributed by atoms with van der Waals surface area (Å²) in [6.45, 7) is 4.04. The number of aromatic nitrogens is 2. The summed E-state index contributed by atoms with van der Waals surface area (Å²) in [5, 5.41) is 0.0701. The Morgan fingerprint density at radius 1 is 0.824 bits per heavy atom. The van der Waals surface area contributed by atoms with Crippen molar-refractivity contribution >= 4 is 39.8 Å². The molecule has 0 fully saturated rings. The number of hydrogen-bond acceptors (Lipinski definition) is 8. The SMILES string of the molecule is CC(C)(C)OC(=O)CS(=O)(=O)N(CCn1c(=C=O)ccc1=C=O)CCn1c(=C=O)ccc1=C=O. The zero-order valence-corrected chi connectivity index (χ0v) is 19.7. The Balaban J connectivity index is 2.40. The van der Waals surface area contributed by atoms with Crippen molar-refractivity contribution in [2.75, 3.05) is 18.8 Å². The maximum atomic E-state index is 13.1. The van der Waals surface area contributed by atoms with Gasteiger partial charge in [0, 0.05) is 26.2 Å². The molecule has 180 valence electrons. The number of esters is 1. The highest BCUT2D eigenvalue weighted by atomic mass is 32.2. The van der Waals surface area contributed by atoms with Gasteiger partial charge in [0.05, 0.1) is 0 Å². The van der Waals surface area contributed by atoms with Crippen molar-refractivity contribution < 1.29 is 37.1 Å². The number of rotatable bonds is 9. The van der Waals surface area contributed by atoms with Crippen LogP contribution in [0.2, 0.25) is 0 Å². The lowest BCUT2D eigenvalue weighted by molar-refractivity contribution is -0.151. The quantitative estimate of drug-likeness (QED) is 0.324. The van der Waals surface area contributed by atoms with Crippen molar-refractivity contribution in [2.24, 2.45) is 0 Å². The third-order valence-corrected chi connectivity index (χ3v) is 6.39. The van der Waals surface area contributed by atoms with Gasteiger partial charge in [-0.2, -0.15) is 4.31 Å². The van der Waals surface area contributed by atoms with Crippen molar-refractivity contribution in [1.82, 2.24) is 13.4 Å². The van der Waals surface area contributed by atoms with Crippen molar-refractivity contribution in [3.8, 4) is 0 Å². The Labute approximate surface area is 194 Å². The molecule has 0 unspecified atom stereocenters. The Morgan fingerprint density at radius 2 is 1.18 bits per heavy atom. The largest absolute Gasteiger partial charge is 0.459 e. The third-order valence-electron chi connectivity index (χ3n) is 4.64. The van der Waals surface area contributed by atoms with E-state index in [0.29, 0.717) is 0 Å². The molecule has 11 nitrogen and oxygen atoms in total. The Kier molecular flexibility index (Phi) is 8.51. The van der Waals surface area contributed by atoms with Gasteiger partial charge in [0.1, 0.15) is 27.0 Å². The molecule has 0 bridgehead atoms. The molecule has 2 heterocycles. The van der Waals surface area contributed by atoms with E-state index in [2.05, 4.69) is 0 Å². The smallest absolute Gasteiger partial charge is 0.323 e. The molecular formula is C22H23N3O8S. The third kappa shape index (κ3) is 6.63. The van der Waals surface area contributed by atoms with E-state index < -0.39 is 27.3 Å². The fourth-order valence-corrected chi connectivity index (χ4v) is 4.46. The highest BCUT2D eigenvalue weighted by Crippen LogP contribution is 2.10. The fraction of sp³-hybridized carbons (Fsp3) is 0.409. The van der Waals surface area contributed by atoms with E-state index >= 15 is 0 Å². The van der Waals surface area contributed by atoms with Gasteiger partial charge in [-0.05, 0) is 45.0 Å². The van der Waals surface area contributed by atoms with Crippen LogP contribution in [0.15, 0.2) is 24.3 Å². The van der Waals surface area contributed by atoms with Gasteiger partial charge in [-0.25, -0.2) is 27.6 Å². The van der Waals surface area contributed by atoms with Crippen molar-refractivity contribution in [3.63, 3.8) is 0 Å². The minimum absolute atomic E-state index is 0.0175. The highest BCUT2D eigenvalue weighted by Gasteiger charge is 2.28. The van der Waals surface area contributed by atoms with Gasteiger partial charge in [-0.15, -0.1) is 0 Å².